The fraction of sp³-hybridized carbons (Fsp3) is 0.273. The number of para-hydroxylation sites is 1. The predicted octanol–water partition coefficient (Wildman–Crippen LogP) is 0.954. The third-order valence-electron chi connectivity index (χ3n) is 1.63. The minimum absolute atomic E-state index is 0.457. The van der Waals surface area contributed by atoms with Gasteiger partial charge < -0.3 is 15.2 Å². The Kier molecular flexibility index (Phi) is 4.39. The van der Waals surface area contributed by atoms with Crippen LogP contribution in [0.3, 0.4) is 0 Å². The lowest BCUT2D eigenvalue weighted by Gasteiger charge is -2.12. The minimum atomic E-state index is -0.821. The molecule has 0 fully saturated rings. The van der Waals surface area contributed by atoms with Crippen molar-refractivity contribution in [2.45, 2.75) is 12.7 Å². The van der Waals surface area contributed by atoms with Gasteiger partial charge in [-0.2, -0.15) is 0 Å². The van der Waals surface area contributed by atoms with Gasteiger partial charge in [-0.3, -0.25) is 0 Å². The van der Waals surface area contributed by atoms with E-state index in [4.69, 9.17) is 11.2 Å². The molecule has 2 N–H and O–H groups in total. The van der Waals surface area contributed by atoms with Gasteiger partial charge in [-0.05, 0) is 12.1 Å². The average molecular weight is 191 g/mol. The summed E-state index contributed by atoms with van der Waals surface area (Å²) in [5.74, 6) is 0.653. The lowest BCUT2D eigenvalue weighted by molar-refractivity contribution is -0.0217. The molecule has 1 atom stereocenters. The molecule has 0 heterocycles. The van der Waals surface area contributed by atoms with Crippen LogP contribution in [-0.4, -0.2) is 17.9 Å². The molecule has 3 nitrogen and oxygen atoms in total. The first-order chi connectivity index (χ1) is 6.83. The van der Waals surface area contributed by atoms with E-state index >= 15 is 0 Å². The molecule has 0 radical (unpaired) electrons. The van der Waals surface area contributed by atoms with E-state index in [0.29, 0.717) is 18.7 Å². The summed E-state index contributed by atoms with van der Waals surface area (Å²) in [5, 5.41) is 12.1. The van der Waals surface area contributed by atoms with Gasteiger partial charge in [-0.15, -0.1) is 0 Å². The van der Waals surface area contributed by atoms with Crippen LogP contribution in [0.4, 0.5) is 0 Å². The Balaban J connectivity index is 2.28. The van der Waals surface area contributed by atoms with Crippen LogP contribution in [0.15, 0.2) is 30.3 Å². The number of hydrogen-bond acceptors (Lipinski definition) is 3. The first-order valence-electron chi connectivity index (χ1n) is 4.41. The third kappa shape index (κ3) is 3.83. The van der Waals surface area contributed by atoms with Crippen LogP contribution in [-0.2, 0) is 0 Å². The van der Waals surface area contributed by atoms with Gasteiger partial charge in [0, 0.05) is 19.0 Å². The number of aliphatic hydroxyl groups is 1. The summed E-state index contributed by atoms with van der Waals surface area (Å²) in [6, 6.07) is 11.4. The van der Waals surface area contributed by atoms with E-state index in [0.717, 1.165) is 0 Å². The quantitative estimate of drug-likeness (QED) is 0.315. The summed E-state index contributed by atoms with van der Waals surface area (Å²) >= 11 is 0. The van der Waals surface area contributed by atoms with Gasteiger partial charge in [0.2, 0.25) is 0 Å². The van der Waals surface area contributed by atoms with Crippen molar-refractivity contribution in [1.29, 1.82) is 0 Å². The molecule has 0 aromatic heterocycles. The summed E-state index contributed by atoms with van der Waals surface area (Å²) in [7, 11) is 0. The zero-order chi connectivity index (χ0) is 10.2. The van der Waals surface area contributed by atoms with Crippen molar-refractivity contribution < 1.29 is 9.84 Å². The Morgan fingerprint density at radius 1 is 1.43 bits per heavy atom. The molecule has 3 heteroatoms. The van der Waals surface area contributed by atoms with Gasteiger partial charge in [0.15, 0.2) is 6.29 Å². The van der Waals surface area contributed by atoms with Gasteiger partial charge in [0.05, 0.1) is 0 Å². The van der Waals surface area contributed by atoms with Crippen molar-refractivity contribution in [3.8, 4) is 18.2 Å². The van der Waals surface area contributed by atoms with Gasteiger partial charge in [0.25, 0.3) is 0 Å². The molecule has 0 saturated carbocycles. The van der Waals surface area contributed by atoms with Crippen LogP contribution in [0, 0.1) is 12.5 Å². The number of benzene rings is 1. The number of hydrogen-bond donors (Lipinski definition) is 2. The summed E-state index contributed by atoms with van der Waals surface area (Å²) in [6.07, 6.45) is 4.62. The van der Waals surface area contributed by atoms with E-state index in [9.17, 15) is 5.11 Å². The molecule has 14 heavy (non-hydrogen) atoms. The van der Waals surface area contributed by atoms with E-state index in [1.807, 2.05) is 18.2 Å². The number of ether oxygens (including phenoxy) is 1. The van der Waals surface area contributed by atoms with Gasteiger partial charge >= 0.3 is 0 Å². The number of terminal acetylenes is 1. The molecule has 1 rings (SSSR count). The zero-order valence-corrected chi connectivity index (χ0v) is 7.81. The van der Waals surface area contributed by atoms with Crippen LogP contribution >= 0.6 is 0 Å². The molecule has 74 valence electrons. The van der Waals surface area contributed by atoms with E-state index < -0.39 is 6.29 Å². The molecule has 0 amide bonds. The van der Waals surface area contributed by atoms with Gasteiger partial charge in [-0.25, -0.2) is 0 Å². The van der Waals surface area contributed by atoms with Crippen LogP contribution in [0.1, 0.15) is 6.42 Å². The van der Waals surface area contributed by atoms with Crippen LogP contribution < -0.4 is 10.1 Å². The summed E-state index contributed by atoms with van der Waals surface area (Å²) in [6.45, 7) is 0.532. The van der Waals surface area contributed by atoms with Crippen LogP contribution in [0.2, 0.25) is 0 Å². The molecule has 1 unspecified atom stereocenters. The van der Waals surface area contributed by atoms with E-state index in [1.165, 1.54) is 0 Å². The zero-order valence-electron chi connectivity index (χ0n) is 7.81. The monoisotopic (exact) mass is 191 g/mol. The summed E-state index contributed by atoms with van der Waals surface area (Å²) in [5.41, 5.74) is 0. The van der Waals surface area contributed by atoms with Crippen LogP contribution in [0.5, 0.6) is 5.75 Å². The van der Waals surface area contributed by atoms with Crippen molar-refractivity contribution >= 4 is 0 Å². The maximum atomic E-state index is 9.40. The molecule has 0 bridgehead atoms. The first-order valence-corrected chi connectivity index (χ1v) is 4.41. The molecule has 1 aromatic rings. The second-order valence-electron chi connectivity index (χ2n) is 2.75. The lowest BCUT2D eigenvalue weighted by atomic mass is 10.3. The van der Waals surface area contributed by atoms with E-state index in [1.54, 1.807) is 12.1 Å². The predicted molar refractivity (Wildman–Crippen MR) is 54.5 cm³/mol. The fourth-order valence-corrected chi connectivity index (χ4v) is 0.983. The maximum Gasteiger partial charge on any atom is 0.199 e. The standard InChI is InChI=1S/C11H13NO2/c1-2-12-9-8-11(13)14-10-6-4-3-5-7-10/h1,3-7,11-13H,8-9H2. The summed E-state index contributed by atoms with van der Waals surface area (Å²) in [4.78, 5) is 0. The highest BCUT2D eigenvalue weighted by Gasteiger charge is 2.03. The lowest BCUT2D eigenvalue weighted by Crippen LogP contribution is -2.21. The molecular formula is C11H13NO2. The van der Waals surface area contributed by atoms with Crippen molar-refractivity contribution in [3.63, 3.8) is 0 Å². The second-order valence-corrected chi connectivity index (χ2v) is 2.75. The number of rotatable bonds is 5. The normalized spacial score (nSPS) is 11.4. The average Bonchev–Trinajstić information content (AvgIpc) is 2.20. The molecule has 0 aliphatic rings. The number of nitrogens with one attached hydrogen (secondary N) is 1. The molecule has 0 saturated heterocycles. The van der Waals surface area contributed by atoms with E-state index in [-0.39, 0.29) is 0 Å². The topological polar surface area (TPSA) is 41.5 Å². The highest BCUT2D eigenvalue weighted by Crippen LogP contribution is 2.10. The summed E-state index contributed by atoms with van der Waals surface area (Å²) < 4.78 is 5.21. The number of aliphatic hydroxyl groups excluding tert-OH is 1. The van der Waals surface area contributed by atoms with Crippen molar-refractivity contribution in [2.75, 3.05) is 6.54 Å². The smallest absolute Gasteiger partial charge is 0.199 e. The molecule has 1 aromatic carbocycles. The highest BCUT2D eigenvalue weighted by molar-refractivity contribution is 5.20. The SMILES string of the molecule is C#CNCCC(O)Oc1ccccc1. The first kappa shape index (κ1) is 10.4. The largest absolute Gasteiger partial charge is 0.465 e. The van der Waals surface area contributed by atoms with Gasteiger partial charge in [-0.1, -0.05) is 24.6 Å². The molecule has 0 aliphatic heterocycles. The van der Waals surface area contributed by atoms with Crippen molar-refractivity contribution in [1.82, 2.24) is 5.32 Å². The Morgan fingerprint density at radius 2 is 2.14 bits per heavy atom. The fourth-order valence-electron chi connectivity index (χ4n) is 0.983. The van der Waals surface area contributed by atoms with Gasteiger partial charge in [0.1, 0.15) is 5.75 Å². The Labute approximate surface area is 83.7 Å². The Morgan fingerprint density at radius 3 is 2.79 bits per heavy atom. The minimum Gasteiger partial charge on any atom is -0.465 e. The molecule has 0 aliphatic carbocycles. The Hall–Kier alpha value is -1.66. The molecular weight excluding hydrogens is 178 g/mol. The Bertz CT molecular complexity index is 292. The van der Waals surface area contributed by atoms with E-state index in [2.05, 4.69) is 11.4 Å². The molecule has 0 spiro atoms. The maximum absolute atomic E-state index is 9.40. The van der Waals surface area contributed by atoms with Crippen molar-refractivity contribution in [3.05, 3.63) is 30.3 Å². The van der Waals surface area contributed by atoms with Crippen molar-refractivity contribution in [2.24, 2.45) is 0 Å². The second kappa shape index (κ2) is 5.90. The third-order valence-corrected chi connectivity index (χ3v) is 1.63. The highest BCUT2D eigenvalue weighted by atomic mass is 16.6. The van der Waals surface area contributed by atoms with Crippen LogP contribution in [0.25, 0.3) is 0 Å².